The van der Waals surface area contributed by atoms with Crippen LogP contribution in [-0.2, 0) is 0 Å². The molecule has 0 fully saturated rings. The van der Waals surface area contributed by atoms with Crippen LogP contribution in [0.15, 0.2) is 36.5 Å². The van der Waals surface area contributed by atoms with Gasteiger partial charge in [0.2, 0.25) is 0 Å². The lowest BCUT2D eigenvalue weighted by Gasteiger charge is -2.10. The van der Waals surface area contributed by atoms with Crippen molar-refractivity contribution in [3.8, 4) is 0 Å². The number of pyridine rings is 1. The summed E-state index contributed by atoms with van der Waals surface area (Å²) in [6.45, 7) is 3.08. The summed E-state index contributed by atoms with van der Waals surface area (Å²) >= 11 is 5.23. The summed E-state index contributed by atoms with van der Waals surface area (Å²) in [5.74, 6) is 0. The number of benzene rings is 1. The van der Waals surface area contributed by atoms with Crippen LogP contribution < -0.4 is 10.6 Å². The van der Waals surface area contributed by atoms with E-state index >= 15 is 0 Å². The SMILES string of the molecule is CCCCNC(=S)Nc1ccc2ncccc2c1. The number of unbranched alkanes of at least 4 members (excludes halogenated alkanes) is 1. The second-order valence-electron chi connectivity index (χ2n) is 4.15. The topological polar surface area (TPSA) is 37.0 Å². The highest BCUT2D eigenvalue weighted by Crippen LogP contribution is 2.16. The molecule has 0 aliphatic rings. The second kappa shape index (κ2) is 6.31. The van der Waals surface area contributed by atoms with Crippen molar-refractivity contribution in [1.82, 2.24) is 10.3 Å². The van der Waals surface area contributed by atoms with Crippen LogP contribution in [0.3, 0.4) is 0 Å². The van der Waals surface area contributed by atoms with Gasteiger partial charge >= 0.3 is 0 Å². The minimum Gasteiger partial charge on any atom is -0.362 e. The number of hydrogen-bond acceptors (Lipinski definition) is 2. The Hall–Kier alpha value is -1.68. The lowest BCUT2D eigenvalue weighted by Crippen LogP contribution is -2.29. The molecule has 1 heterocycles. The molecule has 2 aromatic rings. The van der Waals surface area contributed by atoms with Crippen LogP contribution in [0.5, 0.6) is 0 Å². The highest BCUT2D eigenvalue weighted by Gasteiger charge is 1.99. The molecule has 0 atom stereocenters. The highest BCUT2D eigenvalue weighted by molar-refractivity contribution is 7.80. The summed E-state index contributed by atoms with van der Waals surface area (Å²) in [5.41, 5.74) is 1.98. The van der Waals surface area contributed by atoms with Crippen molar-refractivity contribution in [3.63, 3.8) is 0 Å². The molecule has 1 aromatic heterocycles. The van der Waals surface area contributed by atoms with E-state index in [1.54, 1.807) is 6.20 Å². The van der Waals surface area contributed by atoms with Crippen LogP contribution in [0.1, 0.15) is 19.8 Å². The molecule has 3 nitrogen and oxygen atoms in total. The smallest absolute Gasteiger partial charge is 0.170 e. The molecular formula is C14H17N3S. The fourth-order valence-corrected chi connectivity index (χ4v) is 1.93. The summed E-state index contributed by atoms with van der Waals surface area (Å²) < 4.78 is 0. The molecule has 2 N–H and O–H groups in total. The van der Waals surface area contributed by atoms with Crippen molar-refractivity contribution in [1.29, 1.82) is 0 Å². The third-order valence-corrected chi connectivity index (χ3v) is 2.92. The molecule has 0 aliphatic carbocycles. The number of fused-ring (bicyclic) bond motifs is 1. The number of nitrogens with zero attached hydrogens (tertiary/aromatic N) is 1. The fourth-order valence-electron chi connectivity index (χ4n) is 1.71. The first-order valence-corrected chi connectivity index (χ1v) is 6.60. The van der Waals surface area contributed by atoms with Crippen molar-refractivity contribution in [3.05, 3.63) is 36.5 Å². The summed E-state index contributed by atoms with van der Waals surface area (Å²) in [7, 11) is 0. The van der Waals surface area contributed by atoms with E-state index in [0.29, 0.717) is 5.11 Å². The summed E-state index contributed by atoms with van der Waals surface area (Å²) in [4.78, 5) is 4.29. The third kappa shape index (κ3) is 3.40. The average molecular weight is 259 g/mol. The van der Waals surface area contributed by atoms with Gasteiger partial charge in [-0.15, -0.1) is 0 Å². The Morgan fingerprint density at radius 1 is 1.33 bits per heavy atom. The second-order valence-corrected chi connectivity index (χ2v) is 4.55. The van der Waals surface area contributed by atoms with E-state index in [1.807, 2.05) is 24.3 Å². The number of aromatic nitrogens is 1. The Kier molecular flexibility index (Phi) is 4.47. The first kappa shape index (κ1) is 12.8. The van der Waals surface area contributed by atoms with Gasteiger partial charge in [-0.2, -0.15) is 0 Å². The lowest BCUT2D eigenvalue weighted by atomic mass is 10.2. The van der Waals surface area contributed by atoms with E-state index in [1.165, 1.54) is 0 Å². The zero-order chi connectivity index (χ0) is 12.8. The van der Waals surface area contributed by atoms with Gasteiger partial charge in [-0.05, 0) is 42.9 Å². The van der Waals surface area contributed by atoms with Crippen molar-refractivity contribution in [2.24, 2.45) is 0 Å². The van der Waals surface area contributed by atoms with Crippen LogP contribution in [-0.4, -0.2) is 16.6 Å². The number of hydrogen-bond donors (Lipinski definition) is 2. The molecule has 0 saturated carbocycles. The summed E-state index contributed by atoms with van der Waals surface area (Å²) in [6, 6.07) is 10.0. The van der Waals surface area contributed by atoms with Crippen LogP contribution in [0.4, 0.5) is 5.69 Å². The van der Waals surface area contributed by atoms with Crippen molar-refractivity contribution < 1.29 is 0 Å². The maximum absolute atomic E-state index is 5.23. The summed E-state index contributed by atoms with van der Waals surface area (Å²) in [5, 5.41) is 8.15. The van der Waals surface area contributed by atoms with E-state index in [2.05, 4.69) is 28.6 Å². The molecule has 2 rings (SSSR count). The molecule has 0 saturated heterocycles. The Bertz CT molecular complexity index is 539. The van der Waals surface area contributed by atoms with E-state index in [-0.39, 0.29) is 0 Å². The molecular weight excluding hydrogens is 242 g/mol. The monoisotopic (exact) mass is 259 g/mol. The molecule has 0 bridgehead atoms. The van der Waals surface area contributed by atoms with Gasteiger partial charge in [0.05, 0.1) is 5.52 Å². The molecule has 0 aliphatic heterocycles. The predicted molar refractivity (Wildman–Crippen MR) is 80.9 cm³/mol. The van der Waals surface area contributed by atoms with Crippen LogP contribution in [0.2, 0.25) is 0 Å². The van der Waals surface area contributed by atoms with E-state index in [9.17, 15) is 0 Å². The first-order valence-electron chi connectivity index (χ1n) is 6.19. The minimum absolute atomic E-state index is 0.673. The number of rotatable bonds is 4. The first-order chi connectivity index (χ1) is 8.79. The predicted octanol–water partition coefficient (Wildman–Crippen LogP) is 3.32. The number of thiocarbonyl (C=S) groups is 1. The van der Waals surface area contributed by atoms with Crippen molar-refractivity contribution in [2.45, 2.75) is 19.8 Å². The quantitative estimate of drug-likeness (QED) is 0.652. The van der Waals surface area contributed by atoms with Crippen LogP contribution in [0, 0.1) is 0 Å². The number of anilines is 1. The maximum atomic E-state index is 5.23. The van der Waals surface area contributed by atoms with Gasteiger partial charge in [0.15, 0.2) is 5.11 Å². The van der Waals surface area contributed by atoms with Gasteiger partial charge in [-0.3, -0.25) is 4.98 Å². The standard InChI is InChI=1S/C14H17N3S/c1-2-3-8-16-14(18)17-12-6-7-13-11(10-12)5-4-9-15-13/h4-7,9-10H,2-3,8H2,1H3,(H2,16,17,18). The van der Waals surface area contributed by atoms with Gasteiger partial charge < -0.3 is 10.6 Å². The normalized spacial score (nSPS) is 10.3. The molecule has 94 valence electrons. The Morgan fingerprint density at radius 3 is 3.06 bits per heavy atom. The zero-order valence-corrected chi connectivity index (χ0v) is 11.3. The zero-order valence-electron chi connectivity index (χ0n) is 10.4. The van der Waals surface area contributed by atoms with Gasteiger partial charge in [0.1, 0.15) is 0 Å². The van der Waals surface area contributed by atoms with Crippen molar-refractivity contribution in [2.75, 3.05) is 11.9 Å². The minimum atomic E-state index is 0.673. The van der Waals surface area contributed by atoms with E-state index < -0.39 is 0 Å². The third-order valence-electron chi connectivity index (χ3n) is 2.68. The Balaban J connectivity index is 2.01. The van der Waals surface area contributed by atoms with Gasteiger partial charge in [-0.25, -0.2) is 0 Å². The molecule has 18 heavy (non-hydrogen) atoms. The van der Waals surface area contributed by atoms with Gasteiger partial charge in [0.25, 0.3) is 0 Å². The highest BCUT2D eigenvalue weighted by atomic mass is 32.1. The molecule has 0 spiro atoms. The molecule has 1 aromatic carbocycles. The van der Waals surface area contributed by atoms with E-state index in [4.69, 9.17) is 12.2 Å². The van der Waals surface area contributed by atoms with Crippen molar-refractivity contribution >= 4 is 33.9 Å². The molecule has 0 unspecified atom stereocenters. The lowest BCUT2D eigenvalue weighted by molar-refractivity contribution is 0.758. The van der Waals surface area contributed by atoms with Crippen LogP contribution in [0.25, 0.3) is 10.9 Å². The number of nitrogens with one attached hydrogen (secondary N) is 2. The van der Waals surface area contributed by atoms with E-state index in [0.717, 1.165) is 36.0 Å². The largest absolute Gasteiger partial charge is 0.362 e. The average Bonchev–Trinajstić information content (AvgIpc) is 2.39. The molecule has 0 radical (unpaired) electrons. The maximum Gasteiger partial charge on any atom is 0.170 e. The Labute approximate surface area is 113 Å². The molecule has 0 amide bonds. The van der Waals surface area contributed by atoms with Gasteiger partial charge in [-0.1, -0.05) is 19.4 Å². The fraction of sp³-hybridized carbons (Fsp3) is 0.286. The van der Waals surface area contributed by atoms with Crippen LogP contribution >= 0.6 is 12.2 Å². The Morgan fingerprint density at radius 2 is 2.22 bits per heavy atom. The van der Waals surface area contributed by atoms with Gasteiger partial charge in [0, 0.05) is 23.8 Å². The summed E-state index contributed by atoms with van der Waals surface area (Å²) in [6.07, 6.45) is 4.09. The molecule has 4 heteroatoms.